The van der Waals surface area contributed by atoms with E-state index in [0.717, 1.165) is 0 Å². The Morgan fingerprint density at radius 1 is 1.26 bits per heavy atom. The van der Waals surface area contributed by atoms with Gasteiger partial charge in [-0.05, 0) is 48.7 Å². The van der Waals surface area contributed by atoms with Crippen molar-refractivity contribution in [2.24, 2.45) is 0 Å². The molecule has 4 rings (SSSR count). The van der Waals surface area contributed by atoms with Gasteiger partial charge in [0.15, 0.2) is 0 Å². The molecule has 0 saturated heterocycles. The summed E-state index contributed by atoms with van der Waals surface area (Å²) in [6, 6.07) is 14.1. The van der Waals surface area contributed by atoms with Crippen molar-refractivity contribution < 1.29 is 4.39 Å². The Balaban J connectivity index is 1.93. The molecule has 0 radical (unpaired) electrons. The SMILES string of the molecule is CC(Nc1nc(N)ncc1C#N)c1cc2cccc(Cl)c2c(=O)n1-c1ccc(F)cc1. The van der Waals surface area contributed by atoms with Crippen LogP contribution in [-0.4, -0.2) is 14.5 Å². The van der Waals surface area contributed by atoms with Gasteiger partial charge in [-0.2, -0.15) is 10.2 Å². The van der Waals surface area contributed by atoms with Gasteiger partial charge in [0.2, 0.25) is 5.95 Å². The van der Waals surface area contributed by atoms with Crippen LogP contribution < -0.4 is 16.6 Å². The highest BCUT2D eigenvalue weighted by Crippen LogP contribution is 2.27. The van der Waals surface area contributed by atoms with Crippen molar-refractivity contribution in [3.05, 3.63) is 87.2 Å². The first-order chi connectivity index (χ1) is 14.9. The Kier molecular flexibility index (Phi) is 5.28. The molecule has 31 heavy (non-hydrogen) atoms. The van der Waals surface area contributed by atoms with E-state index in [1.54, 1.807) is 18.2 Å². The number of hydrogen-bond acceptors (Lipinski definition) is 6. The number of halogens is 2. The lowest BCUT2D eigenvalue weighted by molar-refractivity contribution is 0.627. The average Bonchev–Trinajstić information content (AvgIpc) is 2.74. The van der Waals surface area contributed by atoms with Crippen molar-refractivity contribution in [1.82, 2.24) is 14.5 Å². The maximum atomic E-state index is 13.5. The summed E-state index contributed by atoms with van der Waals surface area (Å²) in [4.78, 5) is 21.4. The molecular formula is C22H16ClFN6O. The van der Waals surface area contributed by atoms with Crippen molar-refractivity contribution in [3.8, 4) is 11.8 Å². The van der Waals surface area contributed by atoms with Crippen LogP contribution in [0.2, 0.25) is 5.02 Å². The second-order valence-electron chi connectivity index (χ2n) is 6.86. The van der Waals surface area contributed by atoms with Gasteiger partial charge in [0.1, 0.15) is 23.3 Å². The highest BCUT2D eigenvalue weighted by molar-refractivity contribution is 6.35. The van der Waals surface area contributed by atoms with E-state index in [1.807, 2.05) is 19.1 Å². The molecule has 0 aliphatic rings. The lowest BCUT2D eigenvalue weighted by Crippen LogP contribution is -2.26. The van der Waals surface area contributed by atoms with Gasteiger partial charge >= 0.3 is 0 Å². The summed E-state index contributed by atoms with van der Waals surface area (Å²) >= 11 is 6.31. The fourth-order valence-electron chi connectivity index (χ4n) is 3.38. The molecule has 3 N–H and O–H groups in total. The zero-order valence-corrected chi connectivity index (χ0v) is 17.1. The highest BCUT2D eigenvalue weighted by atomic mass is 35.5. The Morgan fingerprint density at radius 2 is 2.00 bits per heavy atom. The largest absolute Gasteiger partial charge is 0.368 e. The number of pyridine rings is 1. The van der Waals surface area contributed by atoms with Gasteiger partial charge in [-0.1, -0.05) is 23.7 Å². The molecule has 0 aliphatic heterocycles. The standard InChI is InChI=1S/C22H16ClFN6O/c1-12(28-20-14(10-25)11-27-22(26)29-20)18-9-13-3-2-4-17(23)19(13)21(31)30(18)16-7-5-15(24)6-8-16/h2-9,11-12H,1H3,(H3,26,27,28,29). The summed E-state index contributed by atoms with van der Waals surface area (Å²) in [6.45, 7) is 1.81. The van der Waals surface area contributed by atoms with Gasteiger partial charge in [-0.3, -0.25) is 9.36 Å². The molecule has 2 aromatic carbocycles. The number of benzene rings is 2. The third kappa shape index (κ3) is 3.79. The van der Waals surface area contributed by atoms with E-state index in [9.17, 15) is 14.4 Å². The predicted molar refractivity (Wildman–Crippen MR) is 118 cm³/mol. The minimum Gasteiger partial charge on any atom is -0.368 e. The topological polar surface area (TPSA) is 110 Å². The first-order valence-electron chi connectivity index (χ1n) is 9.28. The number of nitrogen functional groups attached to an aromatic ring is 1. The highest BCUT2D eigenvalue weighted by Gasteiger charge is 2.19. The van der Waals surface area contributed by atoms with Crippen LogP contribution >= 0.6 is 11.6 Å². The molecule has 1 unspecified atom stereocenters. The van der Waals surface area contributed by atoms with Crippen molar-refractivity contribution in [3.63, 3.8) is 0 Å². The van der Waals surface area contributed by atoms with Crippen LogP contribution in [0.3, 0.4) is 0 Å². The fourth-order valence-corrected chi connectivity index (χ4v) is 3.64. The quantitative estimate of drug-likeness (QED) is 0.498. The fraction of sp³-hybridized carbons (Fsp3) is 0.0909. The Bertz CT molecular complexity index is 1390. The summed E-state index contributed by atoms with van der Waals surface area (Å²) in [5.41, 5.74) is 6.57. The monoisotopic (exact) mass is 434 g/mol. The van der Waals surface area contributed by atoms with E-state index in [4.69, 9.17) is 17.3 Å². The van der Waals surface area contributed by atoms with Gasteiger partial charge in [0.05, 0.1) is 22.6 Å². The maximum Gasteiger partial charge on any atom is 0.264 e. The van der Waals surface area contributed by atoms with E-state index in [2.05, 4.69) is 15.3 Å². The lowest BCUT2D eigenvalue weighted by Gasteiger charge is -2.22. The summed E-state index contributed by atoms with van der Waals surface area (Å²) in [6.07, 6.45) is 1.32. The predicted octanol–water partition coefficient (Wildman–Crippen LogP) is 4.20. The molecule has 0 bridgehead atoms. The summed E-state index contributed by atoms with van der Waals surface area (Å²) in [5, 5.41) is 13.8. The van der Waals surface area contributed by atoms with Gasteiger partial charge in [0.25, 0.3) is 5.56 Å². The van der Waals surface area contributed by atoms with E-state index in [1.165, 1.54) is 35.0 Å². The van der Waals surface area contributed by atoms with E-state index in [0.29, 0.717) is 27.2 Å². The molecule has 154 valence electrons. The number of aromatic nitrogens is 3. The smallest absolute Gasteiger partial charge is 0.264 e. The molecule has 0 fully saturated rings. The van der Waals surface area contributed by atoms with E-state index < -0.39 is 11.9 Å². The Hall–Kier alpha value is -3.96. The van der Waals surface area contributed by atoms with Gasteiger partial charge in [0, 0.05) is 11.4 Å². The molecule has 4 aromatic rings. The molecular weight excluding hydrogens is 419 g/mol. The molecule has 0 amide bonds. The Morgan fingerprint density at radius 3 is 2.71 bits per heavy atom. The molecule has 0 saturated carbocycles. The molecule has 1 atom stereocenters. The zero-order valence-electron chi connectivity index (χ0n) is 16.3. The normalized spacial score (nSPS) is 11.8. The molecule has 0 aliphatic carbocycles. The van der Waals surface area contributed by atoms with E-state index >= 15 is 0 Å². The number of nitrogens with two attached hydrogens (primary N) is 1. The minimum atomic E-state index is -0.484. The number of nitrogens with zero attached hydrogens (tertiary/aromatic N) is 4. The number of anilines is 2. The average molecular weight is 435 g/mol. The van der Waals surface area contributed by atoms with Crippen LogP contribution in [0.25, 0.3) is 16.5 Å². The van der Waals surface area contributed by atoms with Crippen LogP contribution in [0.4, 0.5) is 16.2 Å². The second kappa shape index (κ2) is 8.05. The summed E-state index contributed by atoms with van der Waals surface area (Å²) in [5.74, 6) is -0.166. The third-order valence-corrected chi connectivity index (χ3v) is 5.15. The summed E-state index contributed by atoms with van der Waals surface area (Å²) < 4.78 is 15.0. The van der Waals surface area contributed by atoms with Crippen LogP contribution in [-0.2, 0) is 0 Å². The second-order valence-corrected chi connectivity index (χ2v) is 7.27. The first-order valence-corrected chi connectivity index (χ1v) is 9.66. The van der Waals surface area contributed by atoms with Gasteiger partial charge < -0.3 is 11.1 Å². The van der Waals surface area contributed by atoms with Crippen molar-refractivity contribution in [2.45, 2.75) is 13.0 Å². The van der Waals surface area contributed by atoms with Crippen molar-refractivity contribution in [2.75, 3.05) is 11.1 Å². The lowest BCUT2D eigenvalue weighted by atomic mass is 10.1. The van der Waals surface area contributed by atoms with Crippen LogP contribution in [0.5, 0.6) is 0 Å². The van der Waals surface area contributed by atoms with Crippen molar-refractivity contribution in [1.29, 1.82) is 5.26 Å². The summed E-state index contributed by atoms with van der Waals surface area (Å²) in [7, 11) is 0. The molecule has 9 heteroatoms. The number of hydrogen-bond donors (Lipinski definition) is 2. The number of rotatable bonds is 4. The maximum absolute atomic E-state index is 13.5. The molecule has 0 spiro atoms. The minimum absolute atomic E-state index is 0.00918. The number of nitriles is 1. The molecule has 7 nitrogen and oxygen atoms in total. The van der Waals surface area contributed by atoms with Crippen molar-refractivity contribution >= 4 is 34.1 Å². The Labute approximate surface area is 181 Å². The molecule has 2 heterocycles. The van der Waals surface area contributed by atoms with Crippen LogP contribution in [0, 0.1) is 17.1 Å². The number of fused-ring (bicyclic) bond motifs is 1. The first kappa shape index (κ1) is 20.3. The number of nitrogens with one attached hydrogen (secondary N) is 1. The van der Waals surface area contributed by atoms with E-state index in [-0.39, 0.29) is 22.9 Å². The molecule has 2 aromatic heterocycles. The third-order valence-electron chi connectivity index (χ3n) is 4.83. The van der Waals surface area contributed by atoms with Crippen LogP contribution in [0.15, 0.2) is 59.5 Å². The van der Waals surface area contributed by atoms with Crippen LogP contribution in [0.1, 0.15) is 24.2 Å². The zero-order chi connectivity index (χ0) is 22.1. The van der Waals surface area contributed by atoms with Gasteiger partial charge in [-0.15, -0.1) is 0 Å². The van der Waals surface area contributed by atoms with Gasteiger partial charge in [-0.25, -0.2) is 9.37 Å².